The molecule has 0 bridgehead atoms. The SMILES string of the molecule is Cc1ccc(F)cc1CN1CC(O)(C(C)C)C1. The minimum absolute atomic E-state index is 0.190. The average molecular weight is 237 g/mol. The van der Waals surface area contributed by atoms with Gasteiger partial charge in [-0.05, 0) is 36.1 Å². The van der Waals surface area contributed by atoms with Gasteiger partial charge in [-0.1, -0.05) is 19.9 Å². The summed E-state index contributed by atoms with van der Waals surface area (Å²) in [6.45, 7) is 8.14. The fourth-order valence-corrected chi connectivity index (χ4v) is 2.26. The summed E-state index contributed by atoms with van der Waals surface area (Å²) in [6.07, 6.45) is 0. The summed E-state index contributed by atoms with van der Waals surface area (Å²) in [4.78, 5) is 2.15. The highest BCUT2D eigenvalue weighted by atomic mass is 19.1. The van der Waals surface area contributed by atoms with Crippen LogP contribution >= 0.6 is 0 Å². The second-order valence-electron chi connectivity index (χ2n) is 5.47. The first kappa shape index (κ1) is 12.5. The third kappa shape index (κ3) is 2.50. The molecule has 17 heavy (non-hydrogen) atoms. The lowest BCUT2D eigenvalue weighted by Gasteiger charge is -2.49. The lowest BCUT2D eigenvalue weighted by molar-refractivity contribution is -0.130. The highest BCUT2D eigenvalue weighted by Gasteiger charge is 2.43. The number of hydrogen-bond donors (Lipinski definition) is 1. The van der Waals surface area contributed by atoms with E-state index in [2.05, 4.69) is 4.90 Å². The van der Waals surface area contributed by atoms with E-state index in [1.165, 1.54) is 6.07 Å². The topological polar surface area (TPSA) is 23.5 Å². The summed E-state index contributed by atoms with van der Waals surface area (Å²) in [5, 5.41) is 10.1. The Morgan fingerprint density at radius 1 is 1.41 bits per heavy atom. The Kier molecular flexibility index (Phi) is 3.23. The second-order valence-corrected chi connectivity index (χ2v) is 5.47. The predicted molar refractivity (Wildman–Crippen MR) is 66.2 cm³/mol. The zero-order chi connectivity index (χ0) is 12.6. The van der Waals surface area contributed by atoms with Gasteiger partial charge in [0.05, 0.1) is 5.60 Å². The largest absolute Gasteiger partial charge is 0.387 e. The molecule has 0 saturated carbocycles. The van der Waals surface area contributed by atoms with E-state index >= 15 is 0 Å². The maximum atomic E-state index is 13.1. The molecule has 1 N–H and O–H groups in total. The quantitative estimate of drug-likeness (QED) is 0.872. The summed E-state index contributed by atoms with van der Waals surface area (Å²) < 4.78 is 13.1. The standard InChI is InChI=1S/C14H20FNO/c1-10(2)14(17)8-16(9-14)7-12-6-13(15)5-4-11(12)3/h4-6,10,17H,7-9H2,1-3H3. The lowest BCUT2D eigenvalue weighted by Crippen LogP contribution is -2.63. The normalized spacial score (nSPS) is 19.4. The molecule has 1 aromatic carbocycles. The van der Waals surface area contributed by atoms with E-state index in [-0.39, 0.29) is 11.7 Å². The highest BCUT2D eigenvalue weighted by molar-refractivity contribution is 5.27. The first-order chi connectivity index (χ1) is 7.90. The van der Waals surface area contributed by atoms with Crippen molar-refractivity contribution in [3.05, 3.63) is 35.1 Å². The maximum absolute atomic E-state index is 13.1. The van der Waals surface area contributed by atoms with Gasteiger partial charge in [0.2, 0.25) is 0 Å². The first-order valence-electron chi connectivity index (χ1n) is 6.10. The van der Waals surface area contributed by atoms with Crippen molar-refractivity contribution in [1.82, 2.24) is 4.90 Å². The molecule has 0 amide bonds. The number of rotatable bonds is 3. The number of aryl methyl sites for hydroxylation is 1. The van der Waals surface area contributed by atoms with Gasteiger partial charge in [-0.3, -0.25) is 4.90 Å². The molecule has 1 saturated heterocycles. The predicted octanol–water partition coefficient (Wildman–Crippen LogP) is 2.34. The Hall–Kier alpha value is -0.930. The van der Waals surface area contributed by atoms with Crippen molar-refractivity contribution >= 4 is 0 Å². The molecule has 94 valence electrons. The van der Waals surface area contributed by atoms with Crippen LogP contribution in [-0.4, -0.2) is 28.7 Å². The molecule has 0 atom stereocenters. The van der Waals surface area contributed by atoms with Gasteiger partial charge >= 0.3 is 0 Å². The summed E-state index contributed by atoms with van der Waals surface area (Å²) in [7, 11) is 0. The maximum Gasteiger partial charge on any atom is 0.123 e. The second kappa shape index (κ2) is 4.39. The molecular weight excluding hydrogens is 217 g/mol. The fraction of sp³-hybridized carbons (Fsp3) is 0.571. The summed E-state index contributed by atoms with van der Waals surface area (Å²) >= 11 is 0. The van der Waals surface area contributed by atoms with Crippen molar-refractivity contribution in [3.8, 4) is 0 Å². The minimum atomic E-state index is -0.554. The van der Waals surface area contributed by atoms with Gasteiger partial charge in [-0.15, -0.1) is 0 Å². The lowest BCUT2D eigenvalue weighted by atomic mass is 9.82. The van der Waals surface area contributed by atoms with Crippen molar-refractivity contribution in [2.24, 2.45) is 5.92 Å². The molecule has 0 spiro atoms. The molecule has 0 radical (unpaired) electrons. The Labute approximate surface area is 102 Å². The van der Waals surface area contributed by atoms with Crippen molar-refractivity contribution in [1.29, 1.82) is 0 Å². The van der Waals surface area contributed by atoms with Crippen molar-refractivity contribution < 1.29 is 9.50 Å². The van der Waals surface area contributed by atoms with E-state index in [0.717, 1.165) is 17.7 Å². The molecule has 1 heterocycles. The molecule has 3 heteroatoms. The highest BCUT2D eigenvalue weighted by Crippen LogP contribution is 2.30. The Bertz CT molecular complexity index is 411. The van der Waals surface area contributed by atoms with Gasteiger partial charge in [0.1, 0.15) is 5.82 Å². The molecule has 0 aromatic heterocycles. The van der Waals surface area contributed by atoms with Gasteiger partial charge in [0.15, 0.2) is 0 Å². The summed E-state index contributed by atoms with van der Waals surface area (Å²) in [5.74, 6) is 0.0811. The Morgan fingerprint density at radius 3 is 2.65 bits per heavy atom. The fourth-order valence-electron chi connectivity index (χ4n) is 2.26. The van der Waals surface area contributed by atoms with Gasteiger partial charge in [0.25, 0.3) is 0 Å². The minimum Gasteiger partial charge on any atom is -0.387 e. The van der Waals surface area contributed by atoms with Crippen LogP contribution in [-0.2, 0) is 6.54 Å². The van der Waals surface area contributed by atoms with Crippen LogP contribution in [0.25, 0.3) is 0 Å². The molecule has 2 rings (SSSR count). The van der Waals surface area contributed by atoms with Gasteiger partial charge < -0.3 is 5.11 Å². The summed E-state index contributed by atoms with van der Waals surface area (Å²) in [5.41, 5.74) is 1.56. The number of benzene rings is 1. The van der Waals surface area contributed by atoms with Crippen molar-refractivity contribution in [3.63, 3.8) is 0 Å². The first-order valence-corrected chi connectivity index (χ1v) is 6.10. The summed E-state index contributed by atoms with van der Waals surface area (Å²) in [6, 6.07) is 4.88. The molecular formula is C14H20FNO. The third-order valence-corrected chi connectivity index (χ3v) is 3.77. The number of aliphatic hydroxyl groups is 1. The van der Waals surface area contributed by atoms with Gasteiger partial charge in [0, 0.05) is 19.6 Å². The number of halogens is 1. The van der Waals surface area contributed by atoms with Crippen LogP contribution in [0.1, 0.15) is 25.0 Å². The Morgan fingerprint density at radius 2 is 2.06 bits per heavy atom. The molecule has 0 unspecified atom stereocenters. The van der Waals surface area contributed by atoms with Crippen LogP contribution in [0.5, 0.6) is 0 Å². The number of hydrogen-bond acceptors (Lipinski definition) is 2. The molecule has 1 aliphatic heterocycles. The molecule has 1 aliphatic rings. The van der Waals surface area contributed by atoms with Crippen LogP contribution in [0.4, 0.5) is 4.39 Å². The van der Waals surface area contributed by atoms with Gasteiger partial charge in [-0.2, -0.15) is 0 Å². The molecule has 0 aliphatic carbocycles. The van der Waals surface area contributed by atoms with Crippen LogP contribution in [0, 0.1) is 18.7 Å². The molecule has 1 aromatic rings. The van der Waals surface area contributed by atoms with E-state index in [9.17, 15) is 9.50 Å². The smallest absolute Gasteiger partial charge is 0.123 e. The zero-order valence-electron chi connectivity index (χ0n) is 10.7. The van der Waals surface area contributed by atoms with E-state index in [1.807, 2.05) is 20.8 Å². The average Bonchev–Trinajstić information content (AvgIpc) is 2.20. The number of β-amino-alcohol motifs (C(OH)–C–C–N with tert-alkyl or cyclic N) is 1. The van der Waals surface area contributed by atoms with Crippen LogP contribution < -0.4 is 0 Å². The molecule has 1 fully saturated rings. The van der Waals surface area contributed by atoms with E-state index in [4.69, 9.17) is 0 Å². The van der Waals surface area contributed by atoms with Crippen LogP contribution in [0.3, 0.4) is 0 Å². The molecule has 2 nitrogen and oxygen atoms in total. The van der Waals surface area contributed by atoms with E-state index < -0.39 is 5.60 Å². The van der Waals surface area contributed by atoms with E-state index in [1.54, 1.807) is 12.1 Å². The number of nitrogens with zero attached hydrogens (tertiary/aromatic N) is 1. The third-order valence-electron chi connectivity index (χ3n) is 3.77. The van der Waals surface area contributed by atoms with Crippen LogP contribution in [0.2, 0.25) is 0 Å². The zero-order valence-corrected chi connectivity index (χ0v) is 10.7. The number of likely N-dealkylation sites (tertiary alicyclic amines) is 1. The van der Waals surface area contributed by atoms with Crippen molar-refractivity contribution in [2.45, 2.75) is 32.9 Å². The monoisotopic (exact) mass is 237 g/mol. The van der Waals surface area contributed by atoms with Crippen molar-refractivity contribution in [2.75, 3.05) is 13.1 Å². The Balaban J connectivity index is 1.98. The van der Waals surface area contributed by atoms with Crippen LogP contribution in [0.15, 0.2) is 18.2 Å². The van der Waals surface area contributed by atoms with Gasteiger partial charge in [-0.25, -0.2) is 4.39 Å². The van der Waals surface area contributed by atoms with E-state index in [0.29, 0.717) is 13.1 Å².